The summed E-state index contributed by atoms with van der Waals surface area (Å²) in [4.78, 5) is 14.9. The van der Waals surface area contributed by atoms with Crippen LogP contribution < -0.4 is 40.0 Å². The maximum atomic E-state index is 12.7. The number of amides is 1. The van der Waals surface area contributed by atoms with Crippen molar-refractivity contribution in [1.29, 1.82) is 0 Å². The minimum absolute atomic E-state index is 0. The van der Waals surface area contributed by atoms with Gasteiger partial charge >= 0.3 is 29.6 Å². The minimum atomic E-state index is -0.113. The molecule has 0 spiro atoms. The molecule has 4 nitrogen and oxygen atoms in total. The Labute approximate surface area is 206 Å². The zero-order valence-electron chi connectivity index (χ0n) is 18.5. The Bertz CT molecular complexity index is 1030. The number of carbonyl (C=O) groups excluding carboxylic acids is 1. The SMILES string of the molecule is CN(C)CC1CCc2cc(NC(=O)c3ccc(-c4ccc([O-])cc4)cc3)ccc2C1.[Na+]. The second-order valence-electron chi connectivity index (χ2n) is 8.41. The van der Waals surface area contributed by atoms with Crippen molar-refractivity contribution in [2.24, 2.45) is 5.92 Å². The summed E-state index contributed by atoms with van der Waals surface area (Å²) in [5.41, 5.74) is 6.15. The van der Waals surface area contributed by atoms with Crippen molar-refractivity contribution in [3.8, 4) is 16.9 Å². The van der Waals surface area contributed by atoms with E-state index in [1.807, 2.05) is 30.3 Å². The van der Waals surface area contributed by atoms with E-state index >= 15 is 0 Å². The topological polar surface area (TPSA) is 55.4 Å². The molecule has 1 atom stereocenters. The van der Waals surface area contributed by atoms with Crippen molar-refractivity contribution < 1.29 is 39.5 Å². The molecule has 0 fully saturated rings. The van der Waals surface area contributed by atoms with E-state index in [9.17, 15) is 9.90 Å². The van der Waals surface area contributed by atoms with Crippen LogP contribution in [0, 0.1) is 5.92 Å². The molecule has 1 aliphatic rings. The normalized spacial score (nSPS) is 15.1. The number of rotatable bonds is 5. The summed E-state index contributed by atoms with van der Waals surface area (Å²) >= 11 is 0. The van der Waals surface area contributed by atoms with Crippen molar-refractivity contribution in [2.45, 2.75) is 19.3 Å². The van der Waals surface area contributed by atoms with Gasteiger partial charge in [-0.1, -0.05) is 42.5 Å². The van der Waals surface area contributed by atoms with Crippen molar-refractivity contribution in [1.82, 2.24) is 4.90 Å². The van der Waals surface area contributed by atoms with Crippen LogP contribution in [0.15, 0.2) is 66.7 Å². The summed E-state index contributed by atoms with van der Waals surface area (Å²) in [6, 6.07) is 20.4. The van der Waals surface area contributed by atoms with Crippen LogP contribution in [-0.4, -0.2) is 31.4 Å². The van der Waals surface area contributed by atoms with E-state index in [1.54, 1.807) is 24.3 Å². The summed E-state index contributed by atoms with van der Waals surface area (Å²) in [5.74, 6) is 0.585. The van der Waals surface area contributed by atoms with E-state index in [0.29, 0.717) is 11.5 Å². The second-order valence-corrected chi connectivity index (χ2v) is 8.41. The Morgan fingerprint density at radius 3 is 2.26 bits per heavy atom. The van der Waals surface area contributed by atoms with E-state index in [0.717, 1.165) is 36.2 Å². The molecule has 3 aromatic carbocycles. The van der Waals surface area contributed by atoms with Gasteiger partial charge in [0.2, 0.25) is 0 Å². The Balaban J connectivity index is 0.00000272. The molecule has 3 aromatic rings. The maximum Gasteiger partial charge on any atom is 1.00 e. The van der Waals surface area contributed by atoms with Gasteiger partial charge < -0.3 is 15.3 Å². The first-order valence-corrected chi connectivity index (χ1v) is 10.4. The number of fused-ring (bicyclic) bond motifs is 1. The molecule has 0 bridgehead atoms. The number of anilines is 1. The van der Waals surface area contributed by atoms with Gasteiger partial charge in [-0.05, 0) is 85.8 Å². The molecule has 0 radical (unpaired) electrons. The van der Waals surface area contributed by atoms with Gasteiger partial charge in [-0.2, -0.15) is 0 Å². The fraction of sp³-hybridized carbons (Fsp3) is 0.269. The molecule has 31 heavy (non-hydrogen) atoms. The minimum Gasteiger partial charge on any atom is -0.872 e. The van der Waals surface area contributed by atoms with Crippen molar-refractivity contribution in [2.75, 3.05) is 26.0 Å². The van der Waals surface area contributed by atoms with Crippen LogP contribution in [-0.2, 0) is 12.8 Å². The predicted octanol–water partition coefficient (Wildman–Crippen LogP) is 1.35. The molecule has 0 saturated carbocycles. The van der Waals surface area contributed by atoms with Crippen molar-refractivity contribution in [3.05, 3.63) is 83.4 Å². The third-order valence-electron chi connectivity index (χ3n) is 5.75. The Hall–Kier alpha value is -2.11. The average Bonchev–Trinajstić information content (AvgIpc) is 2.74. The third kappa shape index (κ3) is 5.98. The number of carbonyl (C=O) groups is 1. The smallest absolute Gasteiger partial charge is 0.872 e. The van der Waals surface area contributed by atoms with Crippen LogP contribution in [0.4, 0.5) is 5.69 Å². The second kappa shape index (κ2) is 10.5. The molecule has 154 valence electrons. The van der Waals surface area contributed by atoms with E-state index in [4.69, 9.17) is 0 Å². The van der Waals surface area contributed by atoms with Crippen LogP contribution in [0.2, 0.25) is 0 Å². The Morgan fingerprint density at radius 2 is 1.61 bits per heavy atom. The molecule has 0 aliphatic heterocycles. The molecule has 4 rings (SSSR count). The van der Waals surface area contributed by atoms with Crippen molar-refractivity contribution >= 4 is 11.6 Å². The monoisotopic (exact) mass is 422 g/mol. The third-order valence-corrected chi connectivity index (χ3v) is 5.75. The van der Waals surface area contributed by atoms with Crippen LogP contribution in [0.1, 0.15) is 27.9 Å². The van der Waals surface area contributed by atoms with Crippen LogP contribution >= 0.6 is 0 Å². The molecule has 0 heterocycles. The molecule has 0 saturated heterocycles. The number of benzene rings is 3. The average molecular weight is 423 g/mol. The zero-order chi connectivity index (χ0) is 21.1. The van der Waals surface area contributed by atoms with E-state index in [1.165, 1.54) is 17.5 Å². The number of nitrogens with one attached hydrogen (secondary N) is 1. The zero-order valence-corrected chi connectivity index (χ0v) is 20.5. The van der Waals surface area contributed by atoms with Gasteiger partial charge in [0.15, 0.2) is 0 Å². The van der Waals surface area contributed by atoms with Crippen molar-refractivity contribution in [3.63, 3.8) is 0 Å². The van der Waals surface area contributed by atoms with Crippen LogP contribution in [0.25, 0.3) is 11.1 Å². The number of nitrogens with zero attached hydrogens (tertiary/aromatic N) is 1. The molecule has 5 heteroatoms. The largest absolute Gasteiger partial charge is 1.00 e. The molecule has 1 unspecified atom stereocenters. The first kappa shape index (κ1) is 23.6. The number of aryl methyl sites for hydroxylation is 1. The summed E-state index contributed by atoms with van der Waals surface area (Å²) in [6.45, 7) is 1.12. The van der Waals surface area contributed by atoms with Gasteiger partial charge in [-0.15, -0.1) is 5.75 Å². The fourth-order valence-corrected chi connectivity index (χ4v) is 4.25. The summed E-state index contributed by atoms with van der Waals surface area (Å²) in [5, 5.41) is 14.3. The Morgan fingerprint density at radius 1 is 0.968 bits per heavy atom. The van der Waals surface area contributed by atoms with Gasteiger partial charge in [-0.3, -0.25) is 4.79 Å². The molecule has 1 N–H and O–H groups in total. The summed E-state index contributed by atoms with van der Waals surface area (Å²) in [7, 11) is 4.26. The molecular formula is C26H27N2NaO2. The van der Waals surface area contributed by atoms with Gasteiger partial charge in [-0.25, -0.2) is 0 Å². The van der Waals surface area contributed by atoms with E-state index in [2.05, 4.69) is 36.4 Å². The summed E-state index contributed by atoms with van der Waals surface area (Å²) < 4.78 is 0. The van der Waals surface area contributed by atoms with Gasteiger partial charge in [0.05, 0.1) is 0 Å². The fourth-order valence-electron chi connectivity index (χ4n) is 4.25. The van der Waals surface area contributed by atoms with E-state index < -0.39 is 0 Å². The van der Waals surface area contributed by atoms with Crippen LogP contribution in [0.5, 0.6) is 5.75 Å². The molecule has 0 aromatic heterocycles. The first-order chi connectivity index (χ1) is 14.5. The number of hydrogen-bond acceptors (Lipinski definition) is 3. The molecular weight excluding hydrogens is 395 g/mol. The van der Waals surface area contributed by atoms with Gasteiger partial charge in [0.1, 0.15) is 0 Å². The van der Waals surface area contributed by atoms with Gasteiger partial charge in [0, 0.05) is 17.8 Å². The van der Waals surface area contributed by atoms with Gasteiger partial charge in [0.25, 0.3) is 5.91 Å². The summed E-state index contributed by atoms with van der Waals surface area (Å²) in [6.07, 6.45) is 3.36. The number of hydrogen-bond donors (Lipinski definition) is 1. The van der Waals surface area contributed by atoms with Crippen LogP contribution in [0.3, 0.4) is 0 Å². The Kier molecular flexibility index (Phi) is 7.95. The quantitative estimate of drug-likeness (QED) is 0.632. The molecule has 1 aliphatic carbocycles. The predicted molar refractivity (Wildman–Crippen MR) is 120 cm³/mol. The first-order valence-electron chi connectivity index (χ1n) is 10.4. The standard InChI is InChI=1S/C26H28N2O2.Na/c1-28(2)17-18-3-4-23-16-24(12-9-22(23)15-18)27-26(30)21-7-5-19(6-8-21)20-10-13-25(29)14-11-20;/h5-14,16,18,29H,3-4,15,17H2,1-2H3,(H,27,30);/q;+1/p-1. The maximum absolute atomic E-state index is 12.7. The van der Waals surface area contributed by atoms with E-state index in [-0.39, 0.29) is 41.2 Å². The molecule has 1 amide bonds.